The number of hydrogen-bond donors (Lipinski definition) is 4. The molecule has 5 amide bonds. The van der Waals surface area contributed by atoms with Crippen molar-refractivity contribution in [3.63, 3.8) is 0 Å². The highest BCUT2D eigenvalue weighted by Crippen LogP contribution is 2.28. The maximum absolute atomic E-state index is 14.9. The number of aromatic nitrogens is 1. The molecule has 0 aliphatic heterocycles. The average Bonchev–Trinajstić information content (AvgIpc) is 3.66. The van der Waals surface area contributed by atoms with Gasteiger partial charge in [0.2, 0.25) is 29.5 Å². The molecule has 0 saturated carbocycles. The predicted molar refractivity (Wildman–Crippen MR) is 256 cm³/mol. The first-order valence-electron chi connectivity index (χ1n) is 23.4. The summed E-state index contributed by atoms with van der Waals surface area (Å²) >= 11 is 0. The fraction of sp³-hybridized carbons (Fsp3) is 0.551. The first-order valence-corrected chi connectivity index (χ1v) is 23.4. The van der Waals surface area contributed by atoms with Gasteiger partial charge < -0.3 is 45.5 Å². The molecule has 73 heavy (non-hydrogen) atoms. The number of hydrogen-bond acceptors (Lipinski definition) is 10. The van der Waals surface area contributed by atoms with E-state index in [2.05, 4.69) is 10.6 Å². The van der Waals surface area contributed by atoms with Crippen LogP contribution in [0.5, 0.6) is 0 Å². The molecule has 1 aromatic heterocycles. The van der Waals surface area contributed by atoms with Crippen molar-refractivity contribution in [2.75, 3.05) is 21.1 Å². The fourth-order valence-electron chi connectivity index (χ4n) is 7.91. The van der Waals surface area contributed by atoms with E-state index in [-0.39, 0.29) is 37.5 Å². The lowest BCUT2D eigenvalue weighted by Crippen LogP contribution is -2.61. The second kappa shape index (κ2) is 26.4. The highest BCUT2D eigenvalue weighted by molar-refractivity contribution is 6.32. The van der Waals surface area contributed by atoms with E-state index in [1.54, 1.807) is 88.5 Å². The van der Waals surface area contributed by atoms with Crippen LogP contribution in [0.4, 0.5) is 26.3 Å². The number of nitriles is 1. The van der Waals surface area contributed by atoms with Crippen molar-refractivity contribution in [2.24, 2.45) is 17.6 Å². The highest BCUT2D eigenvalue weighted by Gasteiger charge is 2.46. The number of nitrogens with zero attached hydrogens (tertiary/aromatic N) is 5. The van der Waals surface area contributed by atoms with Crippen molar-refractivity contribution in [1.82, 2.24) is 29.9 Å². The molecule has 1 heterocycles. The number of carboxylic acids is 1. The largest absolute Gasteiger partial charge is 0.479 e. The number of carbonyl (C=O) groups is 7. The van der Waals surface area contributed by atoms with Crippen LogP contribution in [-0.4, -0.2) is 150 Å². The number of fused-ring (bicyclic) bond motifs is 1. The molecule has 2 radical (unpaired) electrons. The molecule has 7 atom stereocenters. The highest BCUT2D eigenvalue weighted by atomic mass is 19.4. The van der Waals surface area contributed by atoms with Gasteiger partial charge in [-0.1, -0.05) is 75.6 Å². The number of carboxylic acid groups (broad SMARTS) is 1. The SMILES string of the molecule is [B]c1ccc(Cn2cc(C[C@@H](C(=O)N[C@@H](CCC(F)(F)F)C(=O)N(C)[C@@H](C)C(=O)O[C@H](CCC#N)C(=O)O)N(C)C(=O)[C@H](CC(C)C)NC(=O)[C@H](CC(C)C)N(C)C(=O)[C@@H](N)C(F)(F)F)c3ccccc32)cc1. The number of halogens is 6. The lowest BCUT2D eigenvalue weighted by atomic mass is 9.95. The number of likely N-dealkylation sites (N-methyl/N-ethyl adjacent to an activating group) is 3. The molecule has 3 rings (SSSR count). The second-order valence-corrected chi connectivity index (χ2v) is 18.8. The van der Waals surface area contributed by atoms with E-state index in [0.29, 0.717) is 38.3 Å². The number of aliphatic carboxylic acids is 1. The maximum Gasteiger partial charge on any atom is 0.412 e. The van der Waals surface area contributed by atoms with Gasteiger partial charge in [0.25, 0.3) is 0 Å². The summed E-state index contributed by atoms with van der Waals surface area (Å²) in [5.41, 5.74) is 7.69. The Morgan fingerprint density at radius 3 is 1.88 bits per heavy atom. The minimum Gasteiger partial charge on any atom is -0.479 e. The molecule has 0 aliphatic rings. The maximum atomic E-state index is 14.9. The van der Waals surface area contributed by atoms with Crippen LogP contribution in [0.25, 0.3) is 10.9 Å². The lowest BCUT2D eigenvalue weighted by Gasteiger charge is -2.35. The number of nitrogens with one attached hydrogen (secondary N) is 2. The summed E-state index contributed by atoms with van der Waals surface area (Å²) in [6, 6.07) is 4.34. The van der Waals surface area contributed by atoms with Crippen LogP contribution in [0, 0.1) is 23.2 Å². The van der Waals surface area contributed by atoms with Gasteiger partial charge in [-0.05, 0) is 55.2 Å². The van der Waals surface area contributed by atoms with Gasteiger partial charge in [-0.25, -0.2) is 9.59 Å². The van der Waals surface area contributed by atoms with Gasteiger partial charge in [-0.3, -0.25) is 24.0 Å². The zero-order chi connectivity index (χ0) is 55.3. The van der Waals surface area contributed by atoms with Crippen molar-refractivity contribution in [1.29, 1.82) is 5.26 Å². The molecule has 0 bridgehead atoms. The zero-order valence-electron chi connectivity index (χ0n) is 41.9. The standard InChI is InChI=1S/C49H63BF6N8O9/c1-27(2)22-35(60-41(65)37(23-28(3)4)63(8)45(69)40(58)49(54,55)56)44(68)62(7)38(24-31-26-64(36-13-10-9-12-33(31)36)25-30-15-17-32(50)18-16-30)42(66)59-34(19-20-48(51,52)53)43(67)61(6)29(5)47(72)73-39(46(70)71)14-11-21-57/h9-10,12-13,15-18,26-29,34-35,37-40H,11,14,19-20,22-25,58H2,1-8H3,(H,59,66)(H,60,65)(H,70,71)/t29-,34-,35-,37-,38-,39+,40+/m0/s1. The summed E-state index contributed by atoms with van der Waals surface area (Å²) < 4.78 is 89.2. The van der Waals surface area contributed by atoms with Gasteiger partial charge >= 0.3 is 24.3 Å². The summed E-state index contributed by atoms with van der Waals surface area (Å²) in [6.07, 6.45) is -14.2. The van der Waals surface area contributed by atoms with Crippen molar-refractivity contribution >= 4 is 65.7 Å². The average molecular weight is 1030 g/mol. The third-order valence-corrected chi connectivity index (χ3v) is 12.1. The fourth-order valence-corrected chi connectivity index (χ4v) is 7.91. The number of ether oxygens (including phenoxy) is 1. The van der Waals surface area contributed by atoms with E-state index >= 15 is 0 Å². The molecular weight excluding hydrogens is 969 g/mol. The van der Waals surface area contributed by atoms with Crippen LogP contribution in [0.15, 0.2) is 54.7 Å². The third kappa shape index (κ3) is 17.5. The minimum absolute atomic E-state index is 0.122. The Hall–Kier alpha value is -6.64. The Bertz CT molecular complexity index is 2460. The number of esters is 1. The molecule has 398 valence electrons. The normalized spacial score (nSPS) is 14.7. The Kier molecular flexibility index (Phi) is 21.9. The number of alkyl halides is 6. The first kappa shape index (κ1) is 60.7. The molecule has 0 spiro atoms. The zero-order valence-corrected chi connectivity index (χ0v) is 41.9. The molecular formula is C49H63BF6N8O9. The van der Waals surface area contributed by atoms with Gasteiger partial charge in [0.05, 0.1) is 6.07 Å². The van der Waals surface area contributed by atoms with Crippen molar-refractivity contribution < 1.29 is 69.7 Å². The Labute approximate surface area is 421 Å². The summed E-state index contributed by atoms with van der Waals surface area (Å²) in [5, 5.41) is 23.9. The number of benzene rings is 2. The molecule has 0 unspecified atom stereocenters. The lowest BCUT2D eigenvalue weighted by molar-refractivity contribution is -0.172. The monoisotopic (exact) mass is 1030 g/mol. The Morgan fingerprint density at radius 2 is 1.33 bits per heavy atom. The van der Waals surface area contributed by atoms with E-state index < -0.39 is 115 Å². The summed E-state index contributed by atoms with van der Waals surface area (Å²) in [4.78, 5) is 97.9. The molecule has 0 saturated heterocycles. The molecule has 0 fully saturated rings. The van der Waals surface area contributed by atoms with Gasteiger partial charge in [-0.15, -0.1) is 0 Å². The number of rotatable bonds is 25. The Balaban J connectivity index is 2.17. The van der Waals surface area contributed by atoms with Crippen LogP contribution in [0.1, 0.15) is 84.3 Å². The van der Waals surface area contributed by atoms with Crippen LogP contribution in [0.2, 0.25) is 0 Å². The summed E-state index contributed by atoms with van der Waals surface area (Å²) in [7, 11) is 9.07. The summed E-state index contributed by atoms with van der Waals surface area (Å²) in [6.45, 7) is 8.07. The molecule has 5 N–H and O–H groups in total. The van der Waals surface area contributed by atoms with Crippen molar-refractivity contribution in [3.05, 3.63) is 65.9 Å². The van der Waals surface area contributed by atoms with E-state index in [0.717, 1.165) is 31.5 Å². The molecule has 17 nitrogen and oxygen atoms in total. The van der Waals surface area contributed by atoms with Gasteiger partial charge in [0.15, 0.2) is 12.1 Å². The van der Waals surface area contributed by atoms with Crippen LogP contribution >= 0.6 is 0 Å². The molecule has 0 aliphatic carbocycles. The van der Waals surface area contributed by atoms with E-state index in [1.807, 2.05) is 4.57 Å². The predicted octanol–water partition coefficient (Wildman–Crippen LogP) is 4.12. The van der Waals surface area contributed by atoms with E-state index in [4.69, 9.17) is 23.6 Å². The van der Waals surface area contributed by atoms with Gasteiger partial charge in [-0.2, -0.15) is 31.6 Å². The first-order chi connectivity index (χ1) is 33.9. The van der Waals surface area contributed by atoms with Gasteiger partial charge in [0.1, 0.15) is 38.1 Å². The summed E-state index contributed by atoms with van der Waals surface area (Å²) in [5.74, 6) is -9.59. The molecule has 24 heteroatoms. The number of carbonyl (C=O) groups excluding carboxylic acids is 6. The topological polar surface area (TPSA) is 237 Å². The Morgan fingerprint density at radius 1 is 0.781 bits per heavy atom. The number of nitrogens with two attached hydrogens (primary N) is 1. The molecule has 2 aromatic carbocycles. The van der Waals surface area contributed by atoms with Crippen LogP contribution in [0.3, 0.4) is 0 Å². The number of para-hydroxylation sites is 1. The van der Waals surface area contributed by atoms with E-state index in [1.165, 1.54) is 7.05 Å². The van der Waals surface area contributed by atoms with Crippen molar-refractivity contribution in [3.8, 4) is 6.07 Å². The van der Waals surface area contributed by atoms with Crippen LogP contribution < -0.4 is 21.8 Å². The van der Waals surface area contributed by atoms with Gasteiger partial charge in [0, 0.05) is 70.5 Å². The minimum atomic E-state index is -5.15. The smallest absolute Gasteiger partial charge is 0.412 e. The second-order valence-electron chi connectivity index (χ2n) is 18.8. The van der Waals surface area contributed by atoms with E-state index in [9.17, 15) is 65.0 Å². The van der Waals surface area contributed by atoms with Crippen LogP contribution in [-0.2, 0) is 51.3 Å². The third-order valence-electron chi connectivity index (χ3n) is 12.1. The van der Waals surface area contributed by atoms with Crippen molar-refractivity contribution in [2.45, 2.75) is 141 Å². The quantitative estimate of drug-likeness (QED) is 0.0535. The number of amides is 5. The molecule has 3 aromatic rings.